The monoisotopic (exact) mass is 503 g/mol. The molecule has 0 atom stereocenters. The summed E-state index contributed by atoms with van der Waals surface area (Å²) in [5.41, 5.74) is 5.70. The van der Waals surface area contributed by atoms with E-state index in [0.717, 1.165) is 21.9 Å². The molecule has 1 aromatic heterocycles. The van der Waals surface area contributed by atoms with Crippen LogP contribution in [0.25, 0.3) is 76.9 Å². The highest BCUT2D eigenvalue weighted by Gasteiger charge is 2.17. The SMILES string of the molecule is [2H]c1cc2c(-c3ccc4oc5ccc(-c6ccccc6)cc5c4c3)c3c([2H])c([2H])c([2H])c([2H])c3c(-c3ccccc3)c2c([2H])c1[2H]. The Hall–Kier alpha value is -5.14. The molecule has 39 heavy (non-hydrogen) atoms. The first-order chi connectivity index (χ1) is 22.2. The molecule has 0 unspecified atom stereocenters. The number of fused-ring (bicyclic) bond motifs is 5. The largest absolute Gasteiger partial charge is 0.456 e. The van der Waals surface area contributed by atoms with Crippen LogP contribution < -0.4 is 0 Å². The Balaban J connectivity index is 1.55. The zero-order chi connectivity index (χ0) is 31.9. The number of benzene rings is 7. The van der Waals surface area contributed by atoms with Crippen molar-refractivity contribution < 1.29 is 14.0 Å². The lowest BCUT2D eigenvalue weighted by Gasteiger charge is -2.17. The second-order valence-electron chi connectivity index (χ2n) is 9.58. The van der Waals surface area contributed by atoms with Crippen molar-refractivity contribution in [3.63, 3.8) is 0 Å². The molecular formula is C38H24O. The van der Waals surface area contributed by atoms with Crippen LogP contribution in [0.4, 0.5) is 0 Å². The molecule has 1 heterocycles. The van der Waals surface area contributed by atoms with Gasteiger partial charge in [0, 0.05) is 10.8 Å². The maximum Gasteiger partial charge on any atom is 0.135 e. The first kappa shape index (κ1) is 16.0. The van der Waals surface area contributed by atoms with Gasteiger partial charge in [0.1, 0.15) is 11.2 Å². The number of furan rings is 1. The molecule has 0 fully saturated rings. The molecule has 0 saturated carbocycles. The van der Waals surface area contributed by atoms with E-state index in [0.29, 0.717) is 49.6 Å². The van der Waals surface area contributed by atoms with Gasteiger partial charge >= 0.3 is 0 Å². The minimum atomic E-state index is -0.376. The summed E-state index contributed by atoms with van der Waals surface area (Å²) in [6.45, 7) is 0. The summed E-state index contributed by atoms with van der Waals surface area (Å²) in [7, 11) is 0. The standard InChI is InChI=1S/C38H24O/c1-3-11-25(12-4-1)27-19-21-35-33(23-27)34-24-28(20-22-36(34)39-35)38-31-17-9-7-15-29(31)37(26-13-5-2-6-14-26)30-16-8-10-18-32(30)38/h1-24H/i7D,8D,9D,10D,15D,16D,17D. The molecule has 1 heteroatoms. The highest BCUT2D eigenvalue weighted by molar-refractivity contribution is 6.22. The molecule has 7 aromatic carbocycles. The fraction of sp³-hybridized carbons (Fsp3) is 0. The Morgan fingerprint density at radius 2 is 0.897 bits per heavy atom. The summed E-state index contributed by atoms with van der Waals surface area (Å²) in [5.74, 6) is 0. The van der Waals surface area contributed by atoms with Gasteiger partial charge in [0.15, 0.2) is 0 Å². The van der Waals surface area contributed by atoms with Crippen LogP contribution in [0.3, 0.4) is 0 Å². The van der Waals surface area contributed by atoms with Gasteiger partial charge in [-0.15, -0.1) is 0 Å². The van der Waals surface area contributed by atoms with Gasteiger partial charge in [0.25, 0.3) is 0 Å². The van der Waals surface area contributed by atoms with Gasteiger partial charge in [-0.3, -0.25) is 0 Å². The van der Waals surface area contributed by atoms with Gasteiger partial charge in [-0.2, -0.15) is 0 Å². The molecule has 0 aliphatic carbocycles. The van der Waals surface area contributed by atoms with Crippen molar-refractivity contribution in [1.82, 2.24) is 0 Å². The molecule has 0 aliphatic heterocycles. The first-order valence-corrected chi connectivity index (χ1v) is 12.8. The van der Waals surface area contributed by atoms with E-state index in [2.05, 4.69) is 6.07 Å². The summed E-state index contributed by atoms with van der Waals surface area (Å²) in [6.07, 6.45) is 0. The van der Waals surface area contributed by atoms with E-state index in [9.17, 15) is 0 Å². The van der Waals surface area contributed by atoms with Crippen molar-refractivity contribution in [2.45, 2.75) is 0 Å². The second kappa shape index (κ2) is 8.72. The van der Waals surface area contributed by atoms with Crippen LogP contribution in [0.2, 0.25) is 0 Å². The topological polar surface area (TPSA) is 13.1 Å². The number of hydrogen-bond acceptors (Lipinski definition) is 1. The maximum absolute atomic E-state index is 9.15. The van der Waals surface area contributed by atoms with E-state index in [4.69, 9.17) is 14.0 Å². The molecule has 1 nitrogen and oxygen atoms in total. The minimum Gasteiger partial charge on any atom is -0.456 e. The third-order valence-corrected chi connectivity index (χ3v) is 7.38. The lowest BCUT2D eigenvalue weighted by Crippen LogP contribution is -1.90. The lowest BCUT2D eigenvalue weighted by atomic mass is 9.86. The van der Waals surface area contributed by atoms with E-state index in [1.165, 1.54) is 0 Å². The first-order valence-electron chi connectivity index (χ1n) is 16.3. The van der Waals surface area contributed by atoms with Crippen LogP contribution in [-0.4, -0.2) is 0 Å². The van der Waals surface area contributed by atoms with Crippen LogP contribution in [-0.2, 0) is 0 Å². The third kappa shape index (κ3) is 3.48. The maximum atomic E-state index is 9.15. The Labute approximate surface area is 236 Å². The Kier molecular flexibility index (Phi) is 3.57. The van der Waals surface area contributed by atoms with Gasteiger partial charge in [0.05, 0.1) is 9.60 Å². The highest BCUT2D eigenvalue weighted by atomic mass is 16.3. The fourth-order valence-electron chi connectivity index (χ4n) is 5.62. The average Bonchev–Trinajstić information content (AvgIpc) is 3.45. The normalized spacial score (nSPS) is 14.1. The predicted molar refractivity (Wildman–Crippen MR) is 165 cm³/mol. The molecule has 0 amide bonds. The van der Waals surface area contributed by atoms with Crippen LogP contribution in [0.15, 0.2) is 150 Å². The highest BCUT2D eigenvalue weighted by Crippen LogP contribution is 2.44. The number of hydrogen-bond donors (Lipinski definition) is 0. The smallest absolute Gasteiger partial charge is 0.135 e. The summed E-state index contributed by atoms with van der Waals surface area (Å²) in [6, 6.07) is 30.8. The molecule has 0 spiro atoms. The van der Waals surface area contributed by atoms with Gasteiger partial charge in [-0.25, -0.2) is 0 Å². The van der Waals surface area contributed by atoms with Crippen molar-refractivity contribution in [3.05, 3.63) is 145 Å². The molecule has 0 saturated heterocycles. The van der Waals surface area contributed by atoms with Crippen molar-refractivity contribution in [3.8, 4) is 33.4 Å². The zero-order valence-electron chi connectivity index (χ0n) is 27.7. The summed E-state index contributed by atoms with van der Waals surface area (Å²) in [5, 5.41) is 3.13. The van der Waals surface area contributed by atoms with Crippen LogP contribution >= 0.6 is 0 Å². The molecule has 0 bridgehead atoms. The quantitative estimate of drug-likeness (QED) is 0.219. The molecule has 8 rings (SSSR count). The Morgan fingerprint density at radius 3 is 1.56 bits per heavy atom. The molecule has 0 N–H and O–H groups in total. The molecule has 8 aromatic rings. The fourth-order valence-corrected chi connectivity index (χ4v) is 5.62. The predicted octanol–water partition coefficient (Wildman–Crippen LogP) is 10.9. The molecule has 0 aliphatic rings. The third-order valence-electron chi connectivity index (χ3n) is 7.38. The zero-order valence-corrected chi connectivity index (χ0v) is 20.7. The van der Waals surface area contributed by atoms with Crippen molar-refractivity contribution in [2.75, 3.05) is 0 Å². The number of rotatable bonds is 3. The Morgan fingerprint density at radius 1 is 0.385 bits per heavy atom. The second-order valence-corrected chi connectivity index (χ2v) is 9.58. The van der Waals surface area contributed by atoms with Gasteiger partial charge in [0.2, 0.25) is 0 Å². The van der Waals surface area contributed by atoms with E-state index >= 15 is 0 Å². The van der Waals surface area contributed by atoms with Crippen molar-refractivity contribution in [2.24, 2.45) is 0 Å². The molecule has 182 valence electrons. The van der Waals surface area contributed by atoms with E-state index in [1.54, 1.807) is 6.07 Å². The van der Waals surface area contributed by atoms with E-state index in [-0.39, 0.29) is 47.7 Å². The summed E-state index contributed by atoms with van der Waals surface area (Å²) in [4.78, 5) is 0. The molecule has 0 radical (unpaired) electrons. The minimum absolute atomic E-state index is 0.139. The summed E-state index contributed by atoms with van der Waals surface area (Å²) >= 11 is 0. The van der Waals surface area contributed by atoms with Crippen LogP contribution in [0.1, 0.15) is 9.60 Å². The summed E-state index contributed by atoms with van der Waals surface area (Å²) < 4.78 is 67.9. The van der Waals surface area contributed by atoms with E-state index in [1.807, 2.05) is 91.0 Å². The van der Waals surface area contributed by atoms with Gasteiger partial charge in [-0.1, -0.05) is 121 Å². The van der Waals surface area contributed by atoms with Gasteiger partial charge < -0.3 is 4.42 Å². The van der Waals surface area contributed by atoms with Gasteiger partial charge in [-0.05, 0) is 79.2 Å². The van der Waals surface area contributed by atoms with Crippen LogP contribution in [0.5, 0.6) is 0 Å². The van der Waals surface area contributed by atoms with Crippen LogP contribution in [0, 0.1) is 0 Å². The van der Waals surface area contributed by atoms with E-state index < -0.39 is 0 Å². The molecular weight excluding hydrogens is 472 g/mol. The lowest BCUT2D eigenvalue weighted by molar-refractivity contribution is 0.669. The average molecular weight is 504 g/mol. The van der Waals surface area contributed by atoms with Crippen molar-refractivity contribution in [1.29, 1.82) is 0 Å². The Bertz CT molecular complexity index is 2540. The van der Waals surface area contributed by atoms with Crippen molar-refractivity contribution >= 4 is 43.5 Å².